The van der Waals surface area contributed by atoms with E-state index >= 15 is 0 Å². The number of hydrogen-bond donors (Lipinski definition) is 3. The summed E-state index contributed by atoms with van der Waals surface area (Å²) in [6, 6.07) is 14.7. The standard InChI is InChI=1S/C20H20N4O3/c21-19(22)16-4-2-14(3-5-16)15-6-8-17(9-7-15)24-12-1-11-23(20(24)27)13-10-18(25)26/h1-9,11H,10,12-13H2,(H3,21,22)(H,25,26). The van der Waals surface area contributed by atoms with Crippen molar-refractivity contribution >= 4 is 23.5 Å². The number of rotatable bonds is 6. The fourth-order valence-corrected chi connectivity index (χ4v) is 2.85. The molecule has 0 saturated carbocycles. The highest BCUT2D eigenvalue weighted by atomic mass is 16.4. The summed E-state index contributed by atoms with van der Waals surface area (Å²) in [5, 5.41) is 16.2. The zero-order valence-corrected chi connectivity index (χ0v) is 14.6. The Morgan fingerprint density at radius 2 is 1.67 bits per heavy atom. The van der Waals surface area contributed by atoms with Gasteiger partial charge in [-0.2, -0.15) is 0 Å². The molecular weight excluding hydrogens is 344 g/mol. The summed E-state index contributed by atoms with van der Waals surface area (Å²) < 4.78 is 0. The van der Waals surface area contributed by atoms with Gasteiger partial charge in [0.15, 0.2) is 0 Å². The minimum atomic E-state index is -0.937. The molecule has 2 aromatic rings. The van der Waals surface area contributed by atoms with Crippen LogP contribution in [0.5, 0.6) is 0 Å². The number of nitrogens with zero attached hydrogens (tertiary/aromatic N) is 2. The van der Waals surface area contributed by atoms with E-state index in [4.69, 9.17) is 16.2 Å². The molecule has 2 amide bonds. The third-order valence-electron chi connectivity index (χ3n) is 4.32. The van der Waals surface area contributed by atoms with Gasteiger partial charge in [-0.15, -0.1) is 0 Å². The van der Waals surface area contributed by atoms with Gasteiger partial charge in [0.25, 0.3) is 0 Å². The van der Waals surface area contributed by atoms with Crippen molar-refractivity contribution in [2.45, 2.75) is 6.42 Å². The average molecular weight is 364 g/mol. The zero-order chi connectivity index (χ0) is 19.4. The van der Waals surface area contributed by atoms with Crippen molar-refractivity contribution in [3.8, 4) is 11.1 Å². The number of carbonyl (C=O) groups excluding carboxylic acids is 1. The number of carboxylic acid groups (broad SMARTS) is 1. The molecule has 0 bridgehead atoms. The second-order valence-electron chi connectivity index (χ2n) is 6.15. The lowest BCUT2D eigenvalue weighted by Crippen LogP contribution is -2.44. The van der Waals surface area contributed by atoms with E-state index in [1.54, 1.807) is 23.2 Å². The Morgan fingerprint density at radius 3 is 2.22 bits per heavy atom. The second kappa shape index (κ2) is 7.74. The molecule has 27 heavy (non-hydrogen) atoms. The van der Waals surface area contributed by atoms with Gasteiger partial charge in [-0.3, -0.25) is 15.1 Å². The quantitative estimate of drug-likeness (QED) is 0.540. The SMILES string of the molecule is N=C(N)c1ccc(-c2ccc(N3CC=CN(CCC(=O)O)C3=O)cc2)cc1. The molecule has 0 aromatic heterocycles. The van der Waals surface area contributed by atoms with Crippen LogP contribution in [-0.2, 0) is 4.79 Å². The van der Waals surface area contributed by atoms with Gasteiger partial charge in [0.05, 0.1) is 6.42 Å². The van der Waals surface area contributed by atoms with E-state index < -0.39 is 5.97 Å². The summed E-state index contributed by atoms with van der Waals surface area (Å²) in [6.07, 6.45) is 3.36. The fourth-order valence-electron chi connectivity index (χ4n) is 2.85. The highest BCUT2D eigenvalue weighted by Gasteiger charge is 2.23. The Hall–Kier alpha value is -3.61. The Balaban J connectivity index is 1.75. The van der Waals surface area contributed by atoms with E-state index in [2.05, 4.69) is 0 Å². The maximum absolute atomic E-state index is 12.6. The molecular formula is C20H20N4O3. The Morgan fingerprint density at radius 1 is 1.07 bits per heavy atom. The molecule has 1 aliphatic heterocycles. The van der Waals surface area contributed by atoms with Crippen LogP contribution in [0.2, 0.25) is 0 Å². The topological polar surface area (TPSA) is 111 Å². The zero-order valence-electron chi connectivity index (χ0n) is 14.6. The molecule has 0 fully saturated rings. The smallest absolute Gasteiger partial charge is 0.328 e. The summed E-state index contributed by atoms with van der Waals surface area (Å²) in [4.78, 5) is 26.3. The number of anilines is 1. The van der Waals surface area contributed by atoms with Crippen molar-refractivity contribution in [3.05, 3.63) is 66.4 Å². The van der Waals surface area contributed by atoms with Crippen molar-refractivity contribution in [1.29, 1.82) is 5.41 Å². The summed E-state index contributed by atoms with van der Waals surface area (Å²) >= 11 is 0. The predicted octanol–water partition coefficient (Wildman–Crippen LogP) is 2.87. The number of carbonyl (C=O) groups is 2. The van der Waals surface area contributed by atoms with E-state index in [0.717, 1.165) is 16.8 Å². The minimum absolute atomic E-state index is 0.0287. The van der Waals surface area contributed by atoms with Gasteiger partial charge in [-0.05, 0) is 29.3 Å². The van der Waals surface area contributed by atoms with Crippen LogP contribution < -0.4 is 10.6 Å². The number of carboxylic acids is 1. The normalized spacial score (nSPS) is 13.7. The Labute approximate surface area is 156 Å². The first-order valence-corrected chi connectivity index (χ1v) is 8.47. The lowest BCUT2D eigenvalue weighted by atomic mass is 10.0. The van der Waals surface area contributed by atoms with E-state index in [0.29, 0.717) is 12.1 Å². The molecule has 2 aromatic carbocycles. The molecule has 1 heterocycles. The van der Waals surface area contributed by atoms with E-state index in [-0.39, 0.29) is 24.8 Å². The predicted molar refractivity (Wildman–Crippen MR) is 104 cm³/mol. The molecule has 0 saturated heterocycles. The summed E-state index contributed by atoms with van der Waals surface area (Å²) in [6.45, 7) is 0.580. The number of urea groups is 1. The van der Waals surface area contributed by atoms with Crippen molar-refractivity contribution in [2.24, 2.45) is 5.73 Å². The van der Waals surface area contributed by atoms with Crippen LogP contribution in [0.25, 0.3) is 11.1 Å². The van der Waals surface area contributed by atoms with Crippen LogP contribution >= 0.6 is 0 Å². The minimum Gasteiger partial charge on any atom is -0.481 e. The molecule has 3 rings (SSSR count). The van der Waals surface area contributed by atoms with E-state index in [1.807, 2.05) is 42.5 Å². The molecule has 7 nitrogen and oxygen atoms in total. The summed E-state index contributed by atoms with van der Waals surface area (Å²) in [5.74, 6) is -0.908. The van der Waals surface area contributed by atoms with Gasteiger partial charge in [0.1, 0.15) is 5.84 Å². The van der Waals surface area contributed by atoms with Crippen LogP contribution in [0.1, 0.15) is 12.0 Å². The van der Waals surface area contributed by atoms with Gasteiger partial charge in [-0.25, -0.2) is 4.79 Å². The molecule has 0 atom stereocenters. The number of aliphatic carboxylic acids is 1. The number of nitrogens with one attached hydrogen (secondary N) is 1. The largest absolute Gasteiger partial charge is 0.481 e. The first-order valence-electron chi connectivity index (χ1n) is 8.47. The number of amides is 2. The number of nitrogen functional groups attached to an aromatic ring is 1. The molecule has 0 radical (unpaired) electrons. The third-order valence-corrected chi connectivity index (χ3v) is 4.32. The molecule has 7 heteroatoms. The van der Waals surface area contributed by atoms with Crippen LogP contribution in [0.15, 0.2) is 60.8 Å². The average Bonchev–Trinajstić information content (AvgIpc) is 2.67. The second-order valence-corrected chi connectivity index (χ2v) is 6.15. The maximum Gasteiger partial charge on any atom is 0.328 e. The molecule has 4 N–H and O–H groups in total. The van der Waals surface area contributed by atoms with Gasteiger partial charge < -0.3 is 15.7 Å². The van der Waals surface area contributed by atoms with Gasteiger partial charge >= 0.3 is 12.0 Å². The summed E-state index contributed by atoms with van der Waals surface area (Å²) in [7, 11) is 0. The fraction of sp³-hybridized carbons (Fsp3) is 0.150. The van der Waals surface area contributed by atoms with Gasteiger partial charge in [0.2, 0.25) is 0 Å². The molecule has 0 aliphatic carbocycles. The first-order chi connectivity index (χ1) is 13.0. The lowest BCUT2D eigenvalue weighted by Gasteiger charge is -2.31. The molecule has 0 unspecified atom stereocenters. The van der Waals surface area contributed by atoms with E-state index in [1.165, 1.54) is 4.90 Å². The molecule has 0 spiro atoms. The van der Waals surface area contributed by atoms with Crippen LogP contribution in [0.4, 0.5) is 10.5 Å². The number of nitrogens with two attached hydrogens (primary N) is 1. The number of amidine groups is 1. The Bertz CT molecular complexity index is 888. The van der Waals surface area contributed by atoms with Crippen molar-refractivity contribution in [3.63, 3.8) is 0 Å². The highest BCUT2D eigenvalue weighted by molar-refractivity contribution is 5.96. The van der Waals surface area contributed by atoms with Crippen LogP contribution in [0, 0.1) is 5.41 Å². The van der Waals surface area contributed by atoms with E-state index in [9.17, 15) is 9.59 Å². The highest BCUT2D eigenvalue weighted by Crippen LogP contribution is 2.25. The summed E-state index contributed by atoms with van der Waals surface area (Å²) in [5.41, 5.74) is 8.85. The number of hydrogen-bond acceptors (Lipinski definition) is 3. The number of benzene rings is 2. The van der Waals surface area contributed by atoms with Gasteiger partial charge in [0, 0.05) is 30.5 Å². The van der Waals surface area contributed by atoms with Crippen LogP contribution in [-0.4, -0.2) is 40.9 Å². The van der Waals surface area contributed by atoms with Crippen molar-refractivity contribution in [1.82, 2.24) is 4.90 Å². The van der Waals surface area contributed by atoms with Crippen molar-refractivity contribution < 1.29 is 14.7 Å². The lowest BCUT2D eigenvalue weighted by molar-refractivity contribution is -0.137. The van der Waals surface area contributed by atoms with Crippen molar-refractivity contribution in [2.75, 3.05) is 18.0 Å². The maximum atomic E-state index is 12.6. The monoisotopic (exact) mass is 364 g/mol. The third kappa shape index (κ3) is 4.14. The molecule has 138 valence electrons. The first kappa shape index (κ1) is 18.2. The Kier molecular flexibility index (Phi) is 5.21. The van der Waals surface area contributed by atoms with Crippen LogP contribution in [0.3, 0.4) is 0 Å². The molecule has 1 aliphatic rings. The van der Waals surface area contributed by atoms with Gasteiger partial charge in [-0.1, -0.05) is 36.4 Å².